The Bertz CT molecular complexity index is 1200. The zero-order valence-electron chi connectivity index (χ0n) is 18.0. The van der Waals surface area contributed by atoms with E-state index in [0.717, 1.165) is 47.9 Å². The number of alkyl halides is 2. The number of hydrogen-bond donors (Lipinski definition) is 1. The molecule has 33 heavy (non-hydrogen) atoms. The minimum atomic E-state index is -2.89. The summed E-state index contributed by atoms with van der Waals surface area (Å²) >= 11 is 6.21. The number of ether oxygens (including phenoxy) is 2. The molecule has 0 unspecified atom stereocenters. The van der Waals surface area contributed by atoms with Crippen molar-refractivity contribution in [1.29, 1.82) is 0 Å². The Morgan fingerprint density at radius 1 is 1.15 bits per heavy atom. The maximum atomic E-state index is 12.9. The molecule has 1 fully saturated rings. The van der Waals surface area contributed by atoms with Crippen LogP contribution in [0.5, 0.6) is 11.5 Å². The van der Waals surface area contributed by atoms with Crippen molar-refractivity contribution in [2.45, 2.75) is 56.8 Å². The molecule has 7 heteroatoms. The lowest BCUT2D eigenvalue weighted by Crippen LogP contribution is -2.49. The number of fused-ring (bicyclic) bond motifs is 2. The first-order valence-corrected chi connectivity index (χ1v) is 11.5. The van der Waals surface area contributed by atoms with Crippen LogP contribution >= 0.6 is 11.6 Å². The molecule has 0 saturated heterocycles. The van der Waals surface area contributed by atoms with E-state index in [1.807, 2.05) is 30.3 Å². The van der Waals surface area contributed by atoms with Gasteiger partial charge in [-0.2, -0.15) is 8.78 Å². The number of carbonyl (C=O) groups excluding carboxylic acids is 1. The number of amides is 1. The molecule has 1 N–H and O–H groups in total. The summed E-state index contributed by atoms with van der Waals surface area (Å²) in [6.45, 7) is -2.89. The van der Waals surface area contributed by atoms with Crippen molar-refractivity contribution < 1.29 is 23.0 Å². The Balaban J connectivity index is 1.31. The predicted molar refractivity (Wildman–Crippen MR) is 123 cm³/mol. The monoisotopic (exact) mass is 471 g/mol. The van der Waals surface area contributed by atoms with Crippen molar-refractivity contribution in [2.24, 2.45) is 0 Å². The lowest BCUT2D eigenvalue weighted by Gasteiger charge is -2.48. The largest absolute Gasteiger partial charge is 0.487 e. The average Bonchev–Trinajstić information content (AvgIpc) is 2.77. The van der Waals surface area contributed by atoms with Crippen LogP contribution in [-0.2, 0) is 11.2 Å². The molecule has 3 aromatic carbocycles. The summed E-state index contributed by atoms with van der Waals surface area (Å²) in [6.07, 6.45) is 4.59. The van der Waals surface area contributed by atoms with Gasteiger partial charge in [0.05, 0.1) is 6.04 Å². The fourth-order valence-corrected chi connectivity index (χ4v) is 5.09. The maximum absolute atomic E-state index is 12.9. The fraction of sp³-hybridized carbons (Fsp3) is 0.346. The summed E-state index contributed by atoms with van der Waals surface area (Å²) in [5.41, 5.74) is 1.62. The van der Waals surface area contributed by atoms with Crippen LogP contribution in [0.2, 0.25) is 5.02 Å². The van der Waals surface area contributed by atoms with Crippen LogP contribution < -0.4 is 14.8 Å². The number of nitrogens with one attached hydrogen (secondary N) is 1. The molecular weight excluding hydrogens is 448 g/mol. The van der Waals surface area contributed by atoms with E-state index in [-0.39, 0.29) is 29.7 Å². The van der Waals surface area contributed by atoms with Crippen molar-refractivity contribution in [3.8, 4) is 11.5 Å². The summed E-state index contributed by atoms with van der Waals surface area (Å²) in [6, 6.07) is 15.9. The van der Waals surface area contributed by atoms with Gasteiger partial charge in [0.1, 0.15) is 17.1 Å². The number of benzene rings is 3. The van der Waals surface area contributed by atoms with Gasteiger partial charge in [0.25, 0.3) is 0 Å². The minimum absolute atomic E-state index is 0.0701. The van der Waals surface area contributed by atoms with Gasteiger partial charge in [-0.1, -0.05) is 41.9 Å². The van der Waals surface area contributed by atoms with E-state index in [1.165, 1.54) is 0 Å². The first-order valence-electron chi connectivity index (χ1n) is 11.2. The molecule has 1 amide bonds. The predicted octanol–water partition coefficient (Wildman–Crippen LogP) is 6.59. The first kappa shape index (κ1) is 22.0. The third-order valence-electron chi connectivity index (χ3n) is 6.66. The molecule has 1 aliphatic heterocycles. The summed E-state index contributed by atoms with van der Waals surface area (Å²) in [4.78, 5) is 12.9. The van der Waals surface area contributed by atoms with Crippen molar-refractivity contribution >= 4 is 28.3 Å². The number of hydrogen-bond acceptors (Lipinski definition) is 3. The molecule has 0 aromatic heterocycles. The van der Waals surface area contributed by atoms with Crippen molar-refractivity contribution in [3.05, 3.63) is 70.7 Å². The van der Waals surface area contributed by atoms with Gasteiger partial charge in [-0.05, 0) is 60.9 Å². The van der Waals surface area contributed by atoms with Gasteiger partial charge in [-0.25, -0.2) is 0 Å². The Morgan fingerprint density at radius 3 is 2.67 bits per heavy atom. The van der Waals surface area contributed by atoms with Crippen LogP contribution in [0.3, 0.4) is 0 Å². The minimum Gasteiger partial charge on any atom is -0.487 e. The third-order valence-corrected chi connectivity index (χ3v) is 6.90. The number of halogens is 3. The first-order chi connectivity index (χ1) is 15.9. The Labute approximate surface area is 195 Å². The van der Waals surface area contributed by atoms with Crippen LogP contribution in [0.4, 0.5) is 8.78 Å². The highest BCUT2D eigenvalue weighted by Crippen LogP contribution is 2.49. The van der Waals surface area contributed by atoms with E-state index < -0.39 is 6.61 Å². The van der Waals surface area contributed by atoms with Gasteiger partial charge in [0, 0.05) is 28.8 Å². The Kier molecular flexibility index (Phi) is 5.87. The van der Waals surface area contributed by atoms with E-state index in [0.29, 0.717) is 16.8 Å². The number of aryl methyl sites for hydroxylation is 1. The van der Waals surface area contributed by atoms with Crippen molar-refractivity contribution in [1.82, 2.24) is 5.32 Å². The summed E-state index contributed by atoms with van der Waals surface area (Å²) in [7, 11) is 0. The molecule has 1 atom stereocenters. The second-order valence-corrected chi connectivity index (χ2v) is 9.23. The fourth-order valence-electron chi connectivity index (χ4n) is 4.91. The molecule has 1 heterocycles. The lowest BCUT2D eigenvalue weighted by atomic mass is 9.73. The average molecular weight is 472 g/mol. The quantitative estimate of drug-likeness (QED) is 0.441. The SMILES string of the molecule is O=C(CCc1ccc(OC(F)F)c2ccccc12)N[C@@H]1CC2(CCC2)Oc2ccc(Cl)cc21. The molecule has 1 spiro atoms. The van der Waals surface area contributed by atoms with Gasteiger partial charge < -0.3 is 14.8 Å². The molecule has 5 rings (SSSR count). The second-order valence-electron chi connectivity index (χ2n) is 8.79. The van der Waals surface area contributed by atoms with Crippen LogP contribution in [0.15, 0.2) is 54.6 Å². The topological polar surface area (TPSA) is 47.6 Å². The van der Waals surface area contributed by atoms with Gasteiger partial charge in [0.15, 0.2) is 0 Å². The van der Waals surface area contributed by atoms with E-state index in [9.17, 15) is 13.6 Å². The summed E-state index contributed by atoms with van der Waals surface area (Å²) < 4.78 is 36.4. The highest BCUT2D eigenvalue weighted by molar-refractivity contribution is 6.30. The van der Waals surface area contributed by atoms with Crippen LogP contribution in [0, 0.1) is 0 Å². The molecule has 2 aliphatic rings. The third kappa shape index (κ3) is 4.49. The highest BCUT2D eigenvalue weighted by Gasteiger charge is 2.45. The van der Waals surface area contributed by atoms with Gasteiger partial charge >= 0.3 is 6.61 Å². The smallest absolute Gasteiger partial charge is 0.387 e. The van der Waals surface area contributed by atoms with E-state index in [2.05, 4.69) is 10.1 Å². The van der Waals surface area contributed by atoms with Gasteiger partial charge in [0.2, 0.25) is 5.91 Å². The highest BCUT2D eigenvalue weighted by atomic mass is 35.5. The van der Waals surface area contributed by atoms with Gasteiger partial charge in [-0.3, -0.25) is 4.79 Å². The maximum Gasteiger partial charge on any atom is 0.387 e. The molecule has 172 valence electrons. The molecule has 0 radical (unpaired) electrons. The molecule has 0 bridgehead atoms. The van der Waals surface area contributed by atoms with E-state index >= 15 is 0 Å². The van der Waals surface area contributed by atoms with Crippen molar-refractivity contribution in [3.63, 3.8) is 0 Å². The normalized spacial score (nSPS) is 18.5. The van der Waals surface area contributed by atoms with Crippen LogP contribution in [-0.4, -0.2) is 18.1 Å². The van der Waals surface area contributed by atoms with Crippen LogP contribution in [0.25, 0.3) is 10.8 Å². The lowest BCUT2D eigenvalue weighted by molar-refractivity contribution is -0.123. The molecule has 3 aromatic rings. The molecule has 1 saturated carbocycles. The zero-order chi connectivity index (χ0) is 23.0. The molecular formula is C26H24ClF2NO3. The molecule has 4 nitrogen and oxygen atoms in total. The molecule has 1 aliphatic carbocycles. The summed E-state index contributed by atoms with van der Waals surface area (Å²) in [5, 5.41) is 5.20. The van der Waals surface area contributed by atoms with Crippen molar-refractivity contribution in [2.75, 3.05) is 0 Å². The number of rotatable bonds is 6. The Hall–Kier alpha value is -2.86. The number of carbonyl (C=O) groups is 1. The standard InChI is InChI=1S/C26H24ClF2NO3/c27-17-8-10-23-20(14-17)21(15-26(33-23)12-3-13-26)30-24(31)11-7-16-6-9-22(32-25(28)29)19-5-2-1-4-18(16)19/h1-2,4-6,8-10,14,21,25H,3,7,11-13,15H2,(H,30,31)/t21-/m1/s1. The summed E-state index contributed by atoms with van der Waals surface area (Å²) in [5.74, 6) is 0.853. The second kappa shape index (κ2) is 8.82. The van der Waals surface area contributed by atoms with Gasteiger partial charge in [-0.15, -0.1) is 0 Å². The van der Waals surface area contributed by atoms with Crippen LogP contribution in [0.1, 0.15) is 49.3 Å². The van der Waals surface area contributed by atoms with E-state index in [1.54, 1.807) is 24.3 Å². The van der Waals surface area contributed by atoms with E-state index in [4.69, 9.17) is 16.3 Å². The Morgan fingerprint density at radius 2 is 1.94 bits per heavy atom. The zero-order valence-corrected chi connectivity index (χ0v) is 18.7.